The molecule has 19 heavy (non-hydrogen) atoms. The largest absolute Gasteiger partial charge is 0.394 e. The smallest absolute Gasteiger partial charge is 0.287 e. The normalized spacial score (nSPS) is 17.6. The van der Waals surface area contributed by atoms with Crippen molar-refractivity contribution in [2.45, 2.75) is 37.8 Å². The van der Waals surface area contributed by atoms with Crippen LogP contribution in [0.15, 0.2) is 11.0 Å². The molecule has 1 aliphatic carbocycles. The highest BCUT2D eigenvalue weighted by Gasteiger charge is 2.33. The van der Waals surface area contributed by atoms with Crippen molar-refractivity contribution in [2.24, 2.45) is 0 Å². The van der Waals surface area contributed by atoms with Gasteiger partial charge in [0.15, 0.2) is 0 Å². The van der Waals surface area contributed by atoms with E-state index in [0.29, 0.717) is 5.69 Å². The number of hydrogen-bond acceptors (Lipinski definition) is 5. The van der Waals surface area contributed by atoms with Gasteiger partial charge in [0.25, 0.3) is 5.56 Å². The summed E-state index contributed by atoms with van der Waals surface area (Å²) >= 11 is 6.03. The highest BCUT2D eigenvalue weighted by Crippen LogP contribution is 2.33. The van der Waals surface area contributed by atoms with Crippen molar-refractivity contribution in [3.8, 4) is 0 Å². The molecule has 0 saturated heterocycles. The zero-order valence-corrected chi connectivity index (χ0v) is 11.4. The first-order valence-corrected chi connectivity index (χ1v) is 6.75. The molecule has 0 atom stereocenters. The highest BCUT2D eigenvalue weighted by atomic mass is 35.5. The van der Waals surface area contributed by atoms with E-state index in [0.717, 1.165) is 30.4 Å². The summed E-state index contributed by atoms with van der Waals surface area (Å²) in [5.74, 6) is 0. The fourth-order valence-electron chi connectivity index (χ4n) is 2.47. The maximum absolute atomic E-state index is 11.9. The van der Waals surface area contributed by atoms with Crippen LogP contribution in [0.25, 0.3) is 0 Å². The molecule has 3 N–H and O–H groups in total. The summed E-state index contributed by atoms with van der Waals surface area (Å²) < 4.78 is 1.12. The van der Waals surface area contributed by atoms with Crippen LogP contribution in [0.3, 0.4) is 0 Å². The van der Waals surface area contributed by atoms with Gasteiger partial charge in [0.05, 0.1) is 37.2 Å². The fraction of sp³-hybridized carbons (Fsp3) is 0.667. The molecule has 6 nitrogen and oxygen atoms in total. The minimum absolute atomic E-state index is 0.00303. The van der Waals surface area contributed by atoms with E-state index in [9.17, 15) is 9.90 Å². The third-order valence-corrected chi connectivity index (χ3v) is 3.93. The van der Waals surface area contributed by atoms with Crippen LogP contribution < -0.4 is 10.9 Å². The minimum Gasteiger partial charge on any atom is -0.394 e. The molecular weight excluding hydrogens is 270 g/mol. The number of halogens is 1. The van der Waals surface area contributed by atoms with Crippen LogP contribution in [0.5, 0.6) is 0 Å². The van der Waals surface area contributed by atoms with E-state index >= 15 is 0 Å². The second-order valence-electron chi connectivity index (χ2n) is 4.89. The summed E-state index contributed by atoms with van der Waals surface area (Å²) in [5, 5.41) is 25.5. The van der Waals surface area contributed by atoms with Crippen LogP contribution in [-0.4, -0.2) is 38.7 Å². The number of aliphatic hydroxyl groups is 2. The van der Waals surface area contributed by atoms with Crippen LogP contribution in [0, 0.1) is 0 Å². The number of anilines is 1. The van der Waals surface area contributed by atoms with E-state index < -0.39 is 11.1 Å². The van der Waals surface area contributed by atoms with Gasteiger partial charge in [-0.25, -0.2) is 4.68 Å². The van der Waals surface area contributed by atoms with Gasteiger partial charge in [0, 0.05) is 0 Å². The second-order valence-corrected chi connectivity index (χ2v) is 5.27. The minimum atomic E-state index is -0.438. The summed E-state index contributed by atoms with van der Waals surface area (Å²) in [6, 6.07) is 0. The van der Waals surface area contributed by atoms with E-state index in [1.807, 2.05) is 0 Å². The first kappa shape index (κ1) is 14.3. The second kappa shape index (κ2) is 5.90. The van der Waals surface area contributed by atoms with E-state index in [1.165, 1.54) is 6.20 Å². The Morgan fingerprint density at radius 1 is 1.42 bits per heavy atom. The third kappa shape index (κ3) is 2.91. The number of nitrogens with one attached hydrogen (secondary N) is 1. The zero-order chi connectivity index (χ0) is 13.9. The summed E-state index contributed by atoms with van der Waals surface area (Å²) in [6.45, 7) is -0.0520. The lowest BCUT2D eigenvalue weighted by Crippen LogP contribution is -2.40. The van der Waals surface area contributed by atoms with Crippen molar-refractivity contribution in [3.63, 3.8) is 0 Å². The summed E-state index contributed by atoms with van der Waals surface area (Å²) in [7, 11) is 0. The first-order chi connectivity index (χ1) is 9.12. The third-order valence-electron chi connectivity index (χ3n) is 3.56. The zero-order valence-electron chi connectivity index (χ0n) is 10.6. The molecule has 0 radical (unpaired) electrons. The Morgan fingerprint density at radius 2 is 2.11 bits per heavy atom. The molecule has 1 aliphatic rings. The monoisotopic (exact) mass is 287 g/mol. The lowest BCUT2D eigenvalue weighted by atomic mass is 9.99. The van der Waals surface area contributed by atoms with E-state index in [-0.39, 0.29) is 24.8 Å². The number of rotatable bonds is 5. The standard InChI is InChI=1S/C12H18ClN3O3/c13-10-9(7-14-16(5-6-17)11(10)19)15-12(8-18)3-1-2-4-12/h7,15,17-18H,1-6,8H2. The van der Waals surface area contributed by atoms with Gasteiger partial charge in [-0.15, -0.1) is 0 Å². The van der Waals surface area contributed by atoms with Crippen LogP contribution in [0.1, 0.15) is 25.7 Å². The Balaban J connectivity index is 2.26. The Kier molecular flexibility index (Phi) is 4.44. The Morgan fingerprint density at radius 3 is 2.68 bits per heavy atom. The predicted octanol–water partition coefficient (Wildman–Crippen LogP) is 0.606. The number of aliphatic hydroxyl groups excluding tert-OH is 2. The molecule has 1 saturated carbocycles. The molecular formula is C12H18ClN3O3. The average molecular weight is 288 g/mol. The average Bonchev–Trinajstić information content (AvgIpc) is 2.88. The van der Waals surface area contributed by atoms with Crippen LogP contribution in [0.2, 0.25) is 5.02 Å². The summed E-state index contributed by atoms with van der Waals surface area (Å²) in [6.07, 6.45) is 5.24. The van der Waals surface area contributed by atoms with Gasteiger partial charge >= 0.3 is 0 Å². The predicted molar refractivity (Wildman–Crippen MR) is 72.5 cm³/mol. The lowest BCUT2D eigenvalue weighted by molar-refractivity contribution is 0.214. The molecule has 0 unspecified atom stereocenters. The Bertz CT molecular complexity index is 497. The lowest BCUT2D eigenvalue weighted by Gasteiger charge is -2.29. The SMILES string of the molecule is O=c1c(Cl)c(NC2(CO)CCCC2)cnn1CCO. The Hall–Kier alpha value is -1.11. The maximum Gasteiger partial charge on any atom is 0.287 e. The van der Waals surface area contributed by atoms with Gasteiger partial charge in [-0.2, -0.15) is 5.10 Å². The summed E-state index contributed by atoms with van der Waals surface area (Å²) in [5.41, 5.74) is -0.399. The molecule has 0 amide bonds. The number of aromatic nitrogens is 2. The fourth-order valence-corrected chi connectivity index (χ4v) is 2.66. The van der Waals surface area contributed by atoms with Crippen molar-refractivity contribution in [2.75, 3.05) is 18.5 Å². The van der Waals surface area contributed by atoms with Gasteiger partial charge in [-0.1, -0.05) is 24.4 Å². The van der Waals surface area contributed by atoms with Gasteiger partial charge in [-0.05, 0) is 12.8 Å². The van der Waals surface area contributed by atoms with Crippen LogP contribution in [-0.2, 0) is 6.54 Å². The van der Waals surface area contributed by atoms with Crippen molar-refractivity contribution in [1.82, 2.24) is 9.78 Å². The van der Waals surface area contributed by atoms with E-state index in [2.05, 4.69) is 10.4 Å². The van der Waals surface area contributed by atoms with Crippen LogP contribution in [0.4, 0.5) is 5.69 Å². The van der Waals surface area contributed by atoms with Crippen LogP contribution >= 0.6 is 11.6 Å². The topological polar surface area (TPSA) is 87.4 Å². The summed E-state index contributed by atoms with van der Waals surface area (Å²) in [4.78, 5) is 11.9. The number of hydrogen-bond donors (Lipinski definition) is 3. The molecule has 1 aromatic heterocycles. The van der Waals surface area contributed by atoms with Crippen molar-refractivity contribution in [3.05, 3.63) is 21.6 Å². The van der Waals surface area contributed by atoms with Gasteiger partial charge < -0.3 is 15.5 Å². The molecule has 1 fully saturated rings. The molecule has 1 aromatic rings. The van der Waals surface area contributed by atoms with Gasteiger partial charge in [0.1, 0.15) is 5.02 Å². The molecule has 2 rings (SSSR count). The first-order valence-electron chi connectivity index (χ1n) is 6.37. The maximum atomic E-state index is 11.9. The Labute approximate surface area is 116 Å². The van der Waals surface area contributed by atoms with Gasteiger partial charge in [-0.3, -0.25) is 4.79 Å². The van der Waals surface area contributed by atoms with Crippen molar-refractivity contribution >= 4 is 17.3 Å². The van der Waals surface area contributed by atoms with Crippen molar-refractivity contribution < 1.29 is 10.2 Å². The molecule has 0 aliphatic heterocycles. The molecule has 1 heterocycles. The van der Waals surface area contributed by atoms with Crippen molar-refractivity contribution in [1.29, 1.82) is 0 Å². The van der Waals surface area contributed by atoms with E-state index in [1.54, 1.807) is 0 Å². The highest BCUT2D eigenvalue weighted by molar-refractivity contribution is 6.32. The number of nitrogens with zero attached hydrogens (tertiary/aromatic N) is 2. The van der Waals surface area contributed by atoms with Gasteiger partial charge in [0.2, 0.25) is 0 Å². The molecule has 106 valence electrons. The van der Waals surface area contributed by atoms with E-state index in [4.69, 9.17) is 16.7 Å². The quantitative estimate of drug-likeness (QED) is 0.738. The molecule has 0 aromatic carbocycles. The molecule has 0 spiro atoms. The molecule has 7 heteroatoms. The molecule has 0 bridgehead atoms.